The van der Waals surface area contributed by atoms with Gasteiger partial charge in [0.2, 0.25) is 0 Å². The fourth-order valence-electron chi connectivity index (χ4n) is 2.94. The standard InChI is InChI=1S/C19H26N4O4.HI/c1-25-15-8-21-19(20-7-6-16-4-2-13-26-16)23-11-9-22(10-12-23)18(24)17-5-3-14-27-17;/h2-5,13-14H,6-12,15H2,1H3,(H,20,21);1H. The van der Waals surface area contributed by atoms with E-state index in [1.165, 1.54) is 6.26 Å². The van der Waals surface area contributed by atoms with Crippen molar-refractivity contribution in [3.05, 3.63) is 48.3 Å². The van der Waals surface area contributed by atoms with Crippen LogP contribution in [-0.4, -0.2) is 74.7 Å². The Morgan fingerprint density at radius 3 is 2.50 bits per heavy atom. The van der Waals surface area contributed by atoms with Crippen molar-refractivity contribution in [2.45, 2.75) is 6.42 Å². The molecule has 1 N–H and O–H groups in total. The number of hydrogen-bond donors (Lipinski definition) is 1. The molecule has 9 heteroatoms. The van der Waals surface area contributed by atoms with E-state index in [2.05, 4.69) is 15.2 Å². The molecule has 8 nitrogen and oxygen atoms in total. The highest BCUT2D eigenvalue weighted by molar-refractivity contribution is 14.0. The van der Waals surface area contributed by atoms with E-state index in [4.69, 9.17) is 13.6 Å². The summed E-state index contributed by atoms with van der Waals surface area (Å²) in [5.41, 5.74) is 0. The van der Waals surface area contributed by atoms with Gasteiger partial charge in [0, 0.05) is 46.3 Å². The first kappa shape index (κ1) is 22.3. The normalized spacial score (nSPS) is 14.7. The lowest BCUT2D eigenvalue weighted by atomic mass is 10.3. The van der Waals surface area contributed by atoms with E-state index in [9.17, 15) is 4.79 Å². The van der Waals surface area contributed by atoms with Crippen LogP contribution in [0.2, 0.25) is 0 Å². The number of carbonyl (C=O) groups is 1. The zero-order valence-corrected chi connectivity index (χ0v) is 18.3. The number of ether oxygens (including phenoxy) is 1. The molecule has 0 aromatic carbocycles. The van der Waals surface area contributed by atoms with Crippen LogP contribution in [0.25, 0.3) is 0 Å². The summed E-state index contributed by atoms with van der Waals surface area (Å²) in [6, 6.07) is 7.27. The largest absolute Gasteiger partial charge is 0.469 e. The first-order chi connectivity index (χ1) is 13.3. The molecular formula is C19H27IN4O4. The molecule has 3 heterocycles. The Hall–Kier alpha value is -2.01. The molecule has 0 radical (unpaired) electrons. The fourth-order valence-corrected chi connectivity index (χ4v) is 2.94. The van der Waals surface area contributed by atoms with Gasteiger partial charge in [-0.15, -0.1) is 24.0 Å². The third-order valence-electron chi connectivity index (χ3n) is 4.39. The molecule has 0 bridgehead atoms. The highest BCUT2D eigenvalue weighted by Gasteiger charge is 2.25. The molecule has 154 valence electrons. The van der Waals surface area contributed by atoms with Gasteiger partial charge < -0.3 is 28.7 Å². The average Bonchev–Trinajstić information content (AvgIpc) is 3.41. The molecule has 2 aromatic rings. The molecule has 0 atom stereocenters. The van der Waals surface area contributed by atoms with Gasteiger partial charge in [-0.1, -0.05) is 0 Å². The van der Waals surface area contributed by atoms with E-state index in [0.717, 1.165) is 24.7 Å². The topological polar surface area (TPSA) is 83.5 Å². The lowest BCUT2D eigenvalue weighted by Crippen LogP contribution is -2.54. The van der Waals surface area contributed by atoms with Gasteiger partial charge in [0.15, 0.2) is 11.7 Å². The van der Waals surface area contributed by atoms with Crippen LogP contribution >= 0.6 is 24.0 Å². The molecule has 1 amide bonds. The average molecular weight is 502 g/mol. The summed E-state index contributed by atoms with van der Waals surface area (Å²) in [6.45, 7) is 4.57. The van der Waals surface area contributed by atoms with Crippen LogP contribution in [0.3, 0.4) is 0 Å². The number of furan rings is 2. The van der Waals surface area contributed by atoms with Crippen LogP contribution in [0, 0.1) is 0 Å². The second kappa shape index (κ2) is 11.7. The van der Waals surface area contributed by atoms with E-state index >= 15 is 0 Å². The second-order valence-corrected chi connectivity index (χ2v) is 6.21. The van der Waals surface area contributed by atoms with E-state index in [1.54, 1.807) is 25.5 Å². The summed E-state index contributed by atoms with van der Waals surface area (Å²) < 4.78 is 15.7. The number of piperazine rings is 1. The maximum Gasteiger partial charge on any atom is 0.289 e. The Bertz CT molecular complexity index is 710. The molecule has 3 rings (SSSR count). The van der Waals surface area contributed by atoms with Gasteiger partial charge in [-0.05, 0) is 24.3 Å². The van der Waals surface area contributed by atoms with E-state index in [-0.39, 0.29) is 29.9 Å². The van der Waals surface area contributed by atoms with Crippen LogP contribution in [0.15, 0.2) is 50.6 Å². The third-order valence-corrected chi connectivity index (χ3v) is 4.39. The Morgan fingerprint density at radius 2 is 1.86 bits per heavy atom. The van der Waals surface area contributed by atoms with Crippen molar-refractivity contribution in [1.82, 2.24) is 15.1 Å². The Morgan fingerprint density at radius 1 is 1.14 bits per heavy atom. The molecule has 1 aliphatic heterocycles. The van der Waals surface area contributed by atoms with Crippen molar-refractivity contribution in [3.63, 3.8) is 0 Å². The van der Waals surface area contributed by atoms with Crippen molar-refractivity contribution < 1.29 is 18.4 Å². The van der Waals surface area contributed by atoms with Crippen molar-refractivity contribution in [1.29, 1.82) is 0 Å². The predicted molar refractivity (Wildman–Crippen MR) is 116 cm³/mol. The number of aliphatic imine (C=N–C) groups is 1. The number of nitrogens with one attached hydrogen (secondary N) is 1. The number of nitrogens with zero attached hydrogens (tertiary/aromatic N) is 3. The Balaban J connectivity index is 0.00000280. The minimum Gasteiger partial charge on any atom is -0.469 e. The number of halogens is 1. The van der Waals surface area contributed by atoms with Crippen LogP contribution in [0.5, 0.6) is 0 Å². The molecule has 28 heavy (non-hydrogen) atoms. The number of guanidine groups is 1. The van der Waals surface area contributed by atoms with Gasteiger partial charge in [-0.3, -0.25) is 9.79 Å². The Labute approximate surface area is 181 Å². The quantitative estimate of drug-likeness (QED) is 0.270. The van der Waals surface area contributed by atoms with E-state index in [1.807, 2.05) is 17.0 Å². The summed E-state index contributed by atoms with van der Waals surface area (Å²) in [5, 5.41) is 3.40. The summed E-state index contributed by atoms with van der Waals surface area (Å²) in [4.78, 5) is 21.0. The molecule has 0 aliphatic carbocycles. The number of hydrogen-bond acceptors (Lipinski definition) is 5. The fraction of sp³-hybridized carbons (Fsp3) is 0.474. The molecule has 0 unspecified atom stereocenters. The van der Waals surface area contributed by atoms with Crippen molar-refractivity contribution >= 4 is 35.8 Å². The zero-order chi connectivity index (χ0) is 18.9. The van der Waals surface area contributed by atoms with Crippen molar-refractivity contribution in [2.75, 3.05) is 53.0 Å². The van der Waals surface area contributed by atoms with Crippen molar-refractivity contribution in [2.24, 2.45) is 4.99 Å². The smallest absolute Gasteiger partial charge is 0.289 e. The van der Waals surface area contributed by atoms with Gasteiger partial charge in [-0.2, -0.15) is 0 Å². The van der Waals surface area contributed by atoms with Crippen LogP contribution in [0.1, 0.15) is 16.3 Å². The van der Waals surface area contributed by atoms with Gasteiger partial charge in [-0.25, -0.2) is 0 Å². The minimum atomic E-state index is -0.0664. The van der Waals surface area contributed by atoms with Crippen LogP contribution in [-0.2, 0) is 11.2 Å². The number of methoxy groups -OCH3 is 1. The molecule has 0 spiro atoms. The van der Waals surface area contributed by atoms with E-state index in [0.29, 0.717) is 45.1 Å². The van der Waals surface area contributed by atoms with Gasteiger partial charge >= 0.3 is 0 Å². The number of amides is 1. The highest BCUT2D eigenvalue weighted by atomic mass is 127. The van der Waals surface area contributed by atoms with Crippen molar-refractivity contribution in [3.8, 4) is 0 Å². The van der Waals surface area contributed by atoms with Crippen LogP contribution in [0.4, 0.5) is 0 Å². The van der Waals surface area contributed by atoms with Gasteiger partial charge in [0.1, 0.15) is 5.76 Å². The predicted octanol–water partition coefficient (Wildman–Crippen LogP) is 2.08. The monoisotopic (exact) mass is 502 g/mol. The van der Waals surface area contributed by atoms with Gasteiger partial charge in [0.25, 0.3) is 5.91 Å². The maximum absolute atomic E-state index is 12.4. The lowest BCUT2D eigenvalue weighted by Gasteiger charge is -2.36. The SMILES string of the molecule is COCCN=C(NCCc1ccco1)N1CCN(C(=O)c2ccco2)CC1.I. The summed E-state index contributed by atoms with van der Waals surface area (Å²) in [6.07, 6.45) is 3.98. The van der Waals surface area contributed by atoms with Gasteiger partial charge in [0.05, 0.1) is 25.7 Å². The molecular weight excluding hydrogens is 475 g/mol. The molecule has 1 saturated heterocycles. The summed E-state index contributed by atoms with van der Waals surface area (Å²) in [7, 11) is 1.67. The third kappa shape index (κ3) is 6.26. The zero-order valence-electron chi connectivity index (χ0n) is 16.0. The first-order valence-electron chi connectivity index (χ1n) is 9.15. The Kier molecular flexibility index (Phi) is 9.35. The molecule has 0 saturated carbocycles. The maximum atomic E-state index is 12.4. The number of carbonyl (C=O) groups excluding carboxylic acids is 1. The molecule has 2 aromatic heterocycles. The van der Waals surface area contributed by atoms with E-state index < -0.39 is 0 Å². The second-order valence-electron chi connectivity index (χ2n) is 6.21. The van der Waals surface area contributed by atoms with Crippen LogP contribution < -0.4 is 5.32 Å². The first-order valence-corrected chi connectivity index (χ1v) is 9.15. The minimum absolute atomic E-state index is 0. The summed E-state index contributed by atoms with van der Waals surface area (Å²) in [5.74, 6) is 2.09. The summed E-state index contributed by atoms with van der Waals surface area (Å²) >= 11 is 0. The lowest BCUT2D eigenvalue weighted by molar-refractivity contribution is 0.0657. The highest BCUT2D eigenvalue weighted by Crippen LogP contribution is 2.10. The molecule has 1 aliphatic rings. The number of rotatable bonds is 7. The molecule has 1 fully saturated rings.